The molecule has 0 spiro atoms. The fourth-order valence-electron chi connectivity index (χ4n) is 1.92. The molecule has 0 heterocycles. The third-order valence-corrected chi connectivity index (χ3v) is 3.42. The van der Waals surface area contributed by atoms with Crippen LogP contribution >= 0.6 is 11.6 Å². The van der Waals surface area contributed by atoms with Gasteiger partial charge in [-0.1, -0.05) is 23.7 Å². The summed E-state index contributed by atoms with van der Waals surface area (Å²) in [6, 6.07) is 11.7. The maximum Gasteiger partial charge on any atom is 0.329 e. The summed E-state index contributed by atoms with van der Waals surface area (Å²) in [4.78, 5) is 23.6. The maximum atomic E-state index is 11.8. The summed E-state index contributed by atoms with van der Waals surface area (Å²) in [7, 11) is 3.01. The molecule has 0 aliphatic heterocycles. The number of hydrogen-bond donors (Lipinski definition) is 2. The smallest absolute Gasteiger partial charge is 0.329 e. The zero-order chi connectivity index (χ0) is 18.2. The fourth-order valence-corrected chi connectivity index (χ4v) is 2.17. The zero-order valence-corrected chi connectivity index (χ0v) is 14.3. The fraction of sp³-hybridized carbons (Fsp3) is 0.118. The second-order valence-corrected chi connectivity index (χ2v) is 5.15. The maximum absolute atomic E-state index is 11.8. The number of amides is 2. The Morgan fingerprint density at radius 2 is 1.76 bits per heavy atom. The van der Waals surface area contributed by atoms with Gasteiger partial charge in [0.25, 0.3) is 0 Å². The quantitative estimate of drug-likeness (QED) is 0.486. The van der Waals surface area contributed by atoms with Crippen LogP contribution in [-0.4, -0.2) is 32.2 Å². The van der Waals surface area contributed by atoms with Crippen LogP contribution in [0.1, 0.15) is 5.56 Å². The zero-order valence-electron chi connectivity index (χ0n) is 13.6. The topological polar surface area (TPSA) is 89.0 Å². The SMILES string of the molecule is COc1ccc(NC(=O)C(=O)N/N=C\c2ccccc2OC)cc1Cl. The molecule has 2 amide bonds. The minimum atomic E-state index is -0.918. The Bertz CT molecular complexity index is 808. The van der Waals surface area contributed by atoms with Crippen LogP contribution in [0.4, 0.5) is 5.69 Å². The predicted octanol–water partition coefficient (Wildman–Crippen LogP) is 2.45. The molecule has 130 valence electrons. The Morgan fingerprint density at radius 3 is 2.44 bits per heavy atom. The van der Waals surface area contributed by atoms with Gasteiger partial charge in [-0.3, -0.25) is 9.59 Å². The molecule has 2 aromatic rings. The van der Waals surface area contributed by atoms with Gasteiger partial charge in [0, 0.05) is 11.3 Å². The molecule has 0 unspecified atom stereocenters. The summed E-state index contributed by atoms with van der Waals surface area (Å²) in [5.41, 5.74) is 3.17. The van der Waals surface area contributed by atoms with E-state index in [1.54, 1.807) is 30.3 Å². The van der Waals surface area contributed by atoms with Crippen molar-refractivity contribution in [2.75, 3.05) is 19.5 Å². The standard InChI is InChI=1S/C17H16ClN3O4/c1-24-14-6-4-3-5-11(14)10-19-21-17(23)16(22)20-12-7-8-15(25-2)13(18)9-12/h3-10H,1-2H3,(H,20,22)(H,21,23)/b19-10-. The first-order valence-electron chi connectivity index (χ1n) is 7.16. The van der Waals surface area contributed by atoms with Gasteiger partial charge in [-0.05, 0) is 30.3 Å². The van der Waals surface area contributed by atoms with Crippen LogP contribution in [-0.2, 0) is 9.59 Å². The highest BCUT2D eigenvalue weighted by molar-refractivity contribution is 6.40. The summed E-state index contributed by atoms with van der Waals surface area (Å²) in [5, 5.41) is 6.48. The third kappa shape index (κ3) is 4.95. The third-order valence-electron chi connectivity index (χ3n) is 3.12. The first-order chi connectivity index (χ1) is 12.0. The van der Waals surface area contributed by atoms with Gasteiger partial charge < -0.3 is 14.8 Å². The molecule has 0 saturated heterocycles. The Kier molecular flexibility index (Phi) is 6.36. The van der Waals surface area contributed by atoms with E-state index in [1.165, 1.54) is 26.5 Å². The molecule has 8 heteroatoms. The van der Waals surface area contributed by atoms with Crippen molar-refractivity contribution in [2.45, 2.75) is 0 Å². The Morgan fingerprint density at radius 1 is 1.04 bits per heavy atom. The van der Waals surface area contributed by atoms with Crippen molar-refractivity contribution in [1.29, 1.82) is 0 Å². The van der Waals surface area contributed by atoms with E-state index in [2.05, 4.69) is 15.8 Å². The van der Waals surface area contributed by atoms with Crippen molar-refractivity contribution in [3.8, 4) is 11.5 Å². The lowest BCUT2D eigenvalue weighted by Crippen LogP contribution is -2.32. The summed E-state index contributed by atoms with van der Waals surface area (Å²) < 4.78 is 10.2. The molecule has 0 aromatic heterocycles. The van der Waals surface area contributed by atoms with Crippen LogP contribution in [0.5, 0.6) is 11.5 Å². The summed E-state index contributed by atoms with van der Waals surface area (Å²) in [6.45, 7) is 0. The average molecular weight is 362 g/mol. The van der Waals surface area contributed by atoms with E-state index in [0.717, 1.165) is 0 Å². The number of anilines is 1. The first-order valence-corrected chi connectivity index (χ1v) is 7.54. The molecule has 0 fully saturated rings. The second-order valence-electron chi connectivity index (χ2n) is 4.74. The van der Waals surface area contributed by atoms with Crippen molar-refractivity contribution < 1.29 is 19.1 Å². The summed E-state index contributed by atoms with van der Waals surface area (Å²) in [5.74, 6) is -0.736. The second kappa shape index (κ2) is 8.70. The number of benzene rings is 2. The lowest BCUT2D eigenvalue weighted by molar-refractivity contribution is -0.136. The average Bonchev–Trinajstić information content (AvgIpc) is 2.62. The van der Waals surface area contributed by atoms with Crippen molar-refractivity contribution in [3.63, 3.8) is 0 Å². The molecule has 0 bridgehead atoms. The summed E-state index contributed by atoms with van der Waals surface area (Å²) >= 11 is 5.96. The lowest BCUT2D eigenvalue weighted by Gasteiger charge is -2.07. The molecule has 0 aliphatic carbocycles. The van der Waals surface area contributed by atoms with E-state index < -0.39 is 11.8 Å². The number of halogens is 1. The number of carbonyl (C=O) groups excluding carboxylic acids is 2. The van der Waals surface area contributed by atoms with E-state index in [0.29, 0.717) is 27.8 Å². The minimum Gasteiger partial charge on any atom is -0.496 e. The van der Waals surface area contributed by atoms with Gasteiger partial charge in [0.1, 0.15) is 11.5 Å². The number of rotatable bonds is 5. The highest BCUT2D eigenvalue weighted by Crippen LogP contribution is 2.27. The Balaban J connectivity index is 1.95. The van der Waals surface area contributed by atoms with E-state index in [9.17, 15) is 9.59 Å². The van der Waals surface area contributed by atoms with Crippen LogP contribution in [0.15, 0.2) is 47.6 Å². The molecule has 25 heavy (non-hydrogen) atoms. The van der Waals surface area contributed by atoms with Crippen LogP contribution in [0.3, 0.4) is 0 Å². The first kappa shape index (κ1) is 18.3. The van der Waals surface area contributed by atoms with Gasteiger partial charge in [-0.25, -0.2) is 5.43 Å². The molecule has 0 aliphatic rings. The van der Waals surface area contributed by atoms with Crippen LogP contribution in [0.2, 0.25) is 5.02 Å². The summed E-state index contributed by atoms with van der Waals surface area (Å²) in [6.07, 6.45) is 1.38. The lowest BCUT2D eigenvalue weighted by atomic mass is 10.2. The van der Waals surface area contributed by atoms with Crippen LogP contribution in [0.25, 0.3) is 0 Å². The number of ether oxygens (including phenoxy) is 2. The molecule has 2 rings (SSSR count). The van der Waals surface area contributed by atoms with Gasteiger partial charge in [-0.2, -0.15) is 5.10 Å². The number of nitrogens with one attached hydrogen (secondary N) is 2. The molecule has 0 saturated carbocycles. The normalized spacial score (nSPS) is 10.4. The molecule has 0 radical (unpaired) electrons. The number of para-hydroxylation sites is 1. The van der Waals surface area contributed by atoms with Gasteiger partial charge in [0.15, 0.2) is 0 Å². The van der Waals surface area contributed by atoms with Crippen molar-refractivity contribution in [2.24, 2.45) is 5.10 Å². The number of hydrogen-bond acceptors (Lipinski definition) is 5. The van der Waals surface area contributed by atoms with Crippen molar-refractivity contribution in [3.05, 3.63) is 53.1 Å². The molecule has 2 aromatic carbocycles. The van der Waals surface area contributed by atoms with E-state index in [4.69, 9.17) is 21.1 Å². The van der Waals surface area contributed by atoms with E-state index in [1.807, 2.05) is 6.07 Å². The molecule has 2 N–H and O–H groups in total. The molecular formula is C17H16ClN3O4. The molecule has 0 atom stereocenters. The Hall–Kier alpha value is -3.06. The molecular weight excluding hydrogens is 346 g/mol. The van der Waals surface area contributed by atoms with Gasteiger partial charge in [0.2, 0.25) is 0 Å². The number of carbonyl (C=O) groups is 2. The van der Waals surface area contributed by atoms with Crippen LogP contribution < -0.4 is 20.2 Å². The number of hydrazone groups is 1. The van der Waals surface area contributed by atoms with Crippen molar-refractivity contribution >= 4 is 35.3 Å². The van der Waals surface area contributed by atoms with Crippen molar-refractivity contribution in [1.82, 2.24) is 5.43 Å². The number of methoxy groups -OCH3 is 2. The van der Waals surface area contributed by atoms with Gasteiger partial charge >= 0.3 is 11.8 Å². The highest BCUT2D eigenvalue weighted by Gasteiger charge is 2.13. The number of nitrogens with zero attached hydrogens (tertiary/aromatic N) is 1. The monoisotopic (exact) mass is 361 g/mol. The van der Waals surface area contributed by atoms with Gasteiger partial charge in [0.05, 0.1) is 25.5 Å². The Labute approximate surface area is 149 Å². The predicted molar refractivity (Wildman–Crippen MR) is 95.4 cm³/mol. The van der Waals surface area contributed by atoms with E-state index in [-0.39, 0.29) is 0 Å². The largest absolute Gasteiger partial charge is 0.496 e. The van der Waals surface area contributed by atoms with E-state index >= 15 is 0 Å². The minimum absolute atomic E-state index is 0.315. The highest BCUT2D eigenvalue weighted by atomic mass is 35.5. The van der Waals surface area contributed by atoms with Crippen LogP contribution in [0, 0.1) is 0 Å². The van der Waals surface area contributed by atoms with Gasteiger partial charge in [-0.15, -0.1) is 0 Å². The molecule has 7 nitrogen and oxygen atoms in total.